The Morgan fingerprint density at radius 1 is 0.395 bits per heavy atom. The molecule has 2 heterocycles. The highest BCUT2D eigenvalue weighted by Crippen LogP contribution is 2.30. The smallest absolute Gasteiger partial charge is 0.0602 e. The molecule has 0 bridgehead atoms. The maximum atomic E-state index is 6.15. The third-order valence-electron chi connectivity index (χ3n) is 9.11. The normalized spacial score (nSPS) is 17.5. The average molecular weight is 575 g/mol. The van der Waals surface area contributed by atoms with E-state index in [4.69, 9.17) is 4.74 Å². The molecule has 2 aliphatic heterocycles. The Labute approximate surface area is 258 Å². The Kier molecular flexibility index (Phi) is 10.7. The fourth-order valence-corrected chi connectivity index (χ4v) is 6.75. The molecule has 224 valence electrons. The molecule has 0 spiro atoms. The van der Waals surface area contributed by atoms with E-state index in [-0.39, 0.29) is 0 Å². The van der Waals surface area contributed by atoms with Crippen LogP contribution in [0.25, 0.3) is 0 Å². The standard InChI is InChI=1S/C38H46N4O/c1-5-13-33(14-6-1)37(34-15-7-2-8-16-34)41-25-21-39(22-26-41)29-31-43-32-30-40-23-27-42(28-24-40)38(35-17-9-3-10-18-35)36-19-11-4-12-20-36/h1-20,37-38H,21-32H2. The number of nitrogens with zero attached hydrogens (tertiary/aromatic N) is 4. The number of benzene rings is 4. The molecule has 4 aromatic carbocycles. The fraction of sp³-hybridized carbons (Fsp3) is 0.368. The summed E-state index contributed by atoms with van der Waals surface area (Å²) < 4.78 is 6.15. The van der Waals surface area contributed by atoms with Gasteiger partial charge in [-0.1, -0.05) is 121 Å². The van der Waals surface area contributed by atoms with Crippen molar-refractivity contribution in [1.29, 1.82) is 0 Å². The molecule has 2 aliphatic rings. The second-order valence-corrected chi connectivity index (χ2v) is 11.8. The van der Waals surface area contributed by atoms with E-state index >= 15 is 0 Å². The zero-order valence-corrected chi connectivity index (χ0v) is 25.4. The highest BCUT2D eigenvalue weighted by Gasteiger charge is 2.27. The molecular weight excluding hydrogens is 528 g/mol. The Morgan fingerprint density at radius 2 is 0.674 bits per heavy atom. The van der Waals surface area contributed by atoms with Gasteiger partial charge in [0, 0.05) is 65.4 Å². The predicted octanol–water partition coefficient (Wildman–Crippen LogP) is 5.82. The summed E-state index contributed by atoms with van der Waals surface area (Å²) in [5, 5.41) is 0. The van der Waals surface area contributed by atoms with Crippen molar-refractivity contribution in [3.63, 3.8) is 0 Å². The Hall–Kier alpha value is -3.32. The third-order valence-corrected chi connectivity index (χ3v) is 9.11. The summed E-state index contributed by atoms with van der Waals surface area (Å²) >= 11 is 0. The van der Waals surface area contributed by atoms with Crippen LogP contribution in [-0.4, -0.2) is 98.3 Å². The number of hydrogen-bond acceptors (Lipinski definition) is 5. The van der Waals surface area contributed by atoms with Gasteiger partial charge in [0.2, 0.25) is 0 Å². The molecule has 0 aromatic heterocycles. The van der Waals surface area contributed by atoms with Crippen molar-refractivity contribution in [3.05, 3.63) is 144 Å². The minimum atomic E-state index is 0.317. The van der Waals surface area contributed by atoms with Crippen LogP contribution in [0, 0.1) is 0 Å². The van der Waals surface area contributed by atoms with Gasteiger partial charge < -0.3 is 4.74 Å². The molecular formula is C38H46N4O. The molecule has 2 saturated heterocycles. The molecule has 0 atom stereocenters. The zero-order valence-electron chi connectivity index (χ0n) is 25.4. The first-order chi connectivity index (χ1) is 21.3. The van der Waals surface area contributed by atoms with Gasteiger partial charge >= 0.3 is 0 Å². The van der Waals surface area contributed by atoms with E-state index in [1.54, 1.807) is 0 Å². The summed E-state index contributed by atoms with van der Waals surface area (Å²) in [5.41, 5.74) is 5.51. The molecule has 0 amide bonds. The largest absolute Gasteiger partial charge is 0.379 e. The highest BCUT2D eigenvalue weighted by molar-refractivity contribution is 5.33. The van der Waals surface area contributed by atoms with Gasteiger partial charge in [0.25, 0.3) is 0 Å². The van der Waals surface area contributed by atoms with Gasteiger partial charge in [-0.25, -0.2) is 0 Å². The van der Waals surface area contributed by atoms with Crippen LogP contribution in [0.1, 0.15) is 34.3 Å². The van der Waals surface area contributed by atoms with Crippen molar-refractivity contribution in [2.45, 2.75) is 12.1 Å². The van der Waals surface area contributed by atoms with E-state index < -0.39 is 0 Å². The fourth-order valence-electron chi connectivity index (χ4n) is 6.75. The number of hydrogen-bond donors (Lipinski definition) is 0. The first-order valence-corrected chi connectivity index (χ1v) is 16.1. The highest BCUT2D eigenvalue weighted by atomic mass is 16.5. The van der Waals surface area contributed by atoms with Crippen LogP contribution in [0.5, 0.6) is 0 Å². The van der Waals surface area contributed by atoms with Crippen molar-refractivity contribution < 1.29 is 4.74 Å². The van der Waals surface area contributed by atoms with Crippen LogP contribution >= 0.6 is 0 Å². The lowest BCUT2D eigenvalue weighted by Gasteiger charge is -2.40. The van der Waals surface area contributed by atoms with Crippen LogP contribution in [-0.2, 0) is 4.74 Å². The number of ether oxygens (including phenoxy) is 1. The summed E-state index contributed by atoms with van der Waals surface area (Å²) in [5.74, 6) is 0. The van der Waals surface area contributed by atoms with Gasteiger partial charge in [-0.2, -0.15) is 0 Å². The van der Waals surface area contributed by atoms with Gasteiger partial charge in [0.05, 0.1) is 25.3 Å². The second-order valence-electron chi connectivity index (χ2n) is 11.8. The maximum Gasteiger partial charge on any atom is 0.0602 e. The molecule has 2 fully saturated rings. The molecule has 5 nitrogen and oxygen atoms in total. The monoisotopic (exact) mass is 574 g/mol. The van der Waals surface area contributed by atoms with Crippen LogP contribution in [0.15, 0.2) is 121 Å². The summed E-state index contributed by atoms with van der Waals surface area (Å²) in [4.78, 5) is 10.4. The van der Waals surface area contributed by atoms with E-state index in [0.717, 1.165) is 78.7 Å². The van der Waals surface area contributed by atoms with E-state index in [0.29, 0.717) is 12.1 Å². The lowest BCUT2D eigenvalue weighted by atomic mass is 9.96. The van der Waals surface area contributed by atoms with Gasteiger partial charge in [0.15, 0.2) is 0 Å². The molecule has 0 radical (unpaired) electrons. The molecule has 43 heavy (non-hydrogen) atoms. The van der Waals surface area contributed by atoms with E-state index in [2.05, 4.69) is 141 Å². The summed E-state index contributed by atoms with van der Waals surface area (Å²) in [6, 6.07) is 44.5. The van der Waals surface area contributed by atoms with Crippen molar-refractivity contribution >= 4 is 0 Å². The molecule has 0 aliphatic carbocycles. The van der Waals surface area contributed by atoms with Crippen molar-refractivity contribution in [2.75, 3.05) is 78.7 Å². The lowest BCUT2D eigenvalue weighted by Crippen LogP contribution is -2.49. The van der Waals surface area contributed by atoms with Crippen LogP contribution in [0.2, 0.25) is 0 Å². The maximum absolute atomic E-state index is 6.15. The lowest BCUT2D eigenvalue weighted by molar-refractivity contribution is 0.0453. The van der Waals surface area contributed by atoms with Crippen LogP contribution < -0.4 is 0 Å². The quantitative estimate of drug-likeness (QED) is 0.199. The predicted molar refractivity (Wildman–Crippen MR) is 176 cm³/mol. The second kappa shape index (κ2) is 15.4. The minimum absolute atomic E-state index is 0.317. The summed E-state index contributed by atoms with van der Waals surface area (Å²) in [6.07, 6.45) is 0. The van der Waals surface area contributed by atoms with Crippen LogP contribution in [0.3, 0.4) is 0 Å². The van der Waals surface area contributed by atoms with E-state index in [1.165, 1.54) is 22.3 Å². The minimum Gasteiger partial charge on any atom is -0.379 e. The Balaban J connectivity index is 0.913. The summed E-state index contributed by atoms with van der Waals surface area (Å²) in [6.45, 7) is 12.3. The summed E-state index contributed by atoms with van der Waals surface area (Å²) in [7, 11) is 0. The van der Waals surface area contributed by atoms with Gasteiger partial charge in [-0.3, -0.25) is 19.6 Å². The van der Waals surface area contributed by atoms with Crippen LogP contribution in [0.4, 0.5) is 0 Å². The van der Waals surface area contributed by atoms with Crippen molar-refractivity contribution in [3.8, 4) is 0 Å². The van der Waals surface area contributed by atoms with Gasteiger partial charge in [-0.05, 0) is 22.3 Å². The SMILES string of the molecule is c1ccc(C(c2ccccc2)N2CCN(CCOCCN3CCN(C(c4ccccc4)c4ccccc4)CC3)CC2)cc1. The van der Waals surface area contributed by atoms with E-state index in [1.807, 2.05) is 0 Å². The van der Waals surface area contributed by atoms with Crippen molar-refractivity contribution in [1.82, 2.24) is 19.6 Å². The molecule has 0 N–H and O–H groups in total. The molecule has 0 unspecified atom stereocenters. The average Bonchev–Trinajstić information content (AvgIpc) is 3.08. The van der Waals surface area contributed by atoms with Gasteiger partial charge in [-0.15, -0.1) is 0 Å². The zero-order chi connectivity index (χ0) is 29.1. The van der Waals surface area contributed by atoms with E-state index in [9.17, 15) is 0 Å². The number of piperazine rings is 2. The Morgan fingerprint density at radius 3 is 0.953 bits per heavy atom. The molecule has 6 rings (SSSR count). The van der Waals surface area contributed by atoms with Gasteiger partial charge in [0.1, 0.15) is 0 Å². The number of rotatable bonds is 12. The Bertz CT molecular complexity index is 1140. The topological polar surface area (TPSA) is 22.2 Å². The first kappa shape index (κ1) is 29.7. The van der Waals surface area contributed by atoms with Crippen molar-refractivity contribution in [2.24, 2.45) is 0 Å². The third kappa shape index (κ3) is 7.99. The molecule has 4 aromatic rings. The molecule has 0 saturated carbocycles. The molecule has 5 heteroatoms. The first-order valence-electron chi connectivity index (χ1n) is 16.1.